The van der Waals surface area contributed by atoms with Crippen molar-refractivity contribution in [2.75, 3.05) is 5.32 Å². The zero-order chi connectivity index (χ0) is 17.8. The van der Waals surface area contributed by atoms with Crippen LogP contribution in [0.5, 0.6) is 0 Å². The topological polar surface area (TPSA) is 85.8 Å². The summed E-state index contributed by atoms with van der Waals surface area (Å²) in [6.07, 6.45) is 6.81. The molecule has 1 atom stereocenters. The van der Waals surface area contributed by atoms with Gasteiger partial charge in [0.2, 0.25) is 5.91 Å². The normalized spacial score (nSPS) is 16.8. The zero-order valence-electron chi connectivity index (χ0n) is 15.0. The third-order valence-corrected chi connectivity index (χ3v) is 5.89. The number of carbonyl (C=O) groups is 1. The molecule has 2 aromatic heterocycles. The third kappa shape index (κ3) is 4.23. The van der Waals surface area contributed by atoms with Gasteiger partial charge in [0.05, 0.1) is 5.25 Å². The lowest BCUT2D eigenvalue weighted by molar-refractivity contribution is -0.115. The summed E-state index contributed by atoms with van der Waals surface area (Å²) >= 11 is 1.48. The standard InChI is InChI=1S/C17H25N5O2S/c1-4-14(16(23)18-15-10-11(2)24-21-15)25-17-20-19-12(3)22(17)13-8-6-5-7-9-13/h10,13-14H,4-9H2,1-3H3,(H,18,21,23). The number of aromatic nitrogens is 4. The van der Waals surface area contributed by atoms with Crippen molar-refractivity contribution in [1.29, 1.82) is 0 Å². The van der Waals surface area contributed by atoms with Crippen molar-refractivity contribution in [2.24, 2.45) is 0 Å². The van der Waals surface area contributed by atoms with E-state index in [2.05, 4.69) is 25.2 Å². The van der Waals surface area contributed by atoms with E-state index in [4.69, 9.17) is 4.52 Å². The van der Waals surface area contributed by atoms with Gasteiger partial charge in [-0.2, -0.15) is 0 Å². The van der Waals surface area contributed by atoms with E-state index in [1.807, 2.05) is 13.8 Å². The maximum absolute atomic E-state index is 12.6. The Bertz CT molecular complexity index is 720. The van der Waals surface area contributed by atoms with E-state index < -0.39 is 0 Å². The van der Waals surface area contributed by atoms with Crippen LogP contribution < -0.4 is 5.32 Å². The van der Waals surface area contributed by atoms with Crippen molar-refractivity contribution < 1.29 is 9.32 Å². The molecule has 2 heterocycles. The largest absolute Gasteiger partial charge is 0.360 e. The summed E-state index contributed by atoms with van der Waals surface area (Å²) in [4.78, 5) is 12.6. The van der Waals surface area contributed by atoms with Gasteiger partial charge in [-0.15, -0.1) is 10.2 Å². The van der Waals surface area contributed by atoms with Crippen LogP contribution in [0.25, 0.3) is 0 Å². The van der Waals surface area contributed by atoms with Crippen molar-refractivity contribution in [3.05, 3.63) is 17.7 Å². The predicted molar refractivity (Wildman–Crippen MR) is 96.7 cm³/mol. The highest BCUT2D eigenvalue weighted by Gasteiger charge is 2.26. The highest BCUT2D eigenvalue weighted by atomic mass is 32.2. The van der Waals surface area contributed by atoms with E-state index >= 15 is 0 Å². The third-order valence-electron chi connectivity index (χ3n) is 4.56. The summed E-state index contributed by atoms with van der Waals surface area (Å²) in [5.74, 6) is 1.96. The van der Waals surface area contributed by atoms with Crippen LogP contribution in [0.2, 0.25) is 0 Å². The van der Waals surface area contributed by atoms with Gasteiger partial charge in [-0.25, -0.2) is 0 Å². The zero-order valence-corrected chi connectivity index (χ0v) is 15.8. The number of hydrogen-bond acceptors (Lipinski definition) is 6. The number of carbonyl (C=O) groups excluding carboxylic acids is 1. The minimum Gasteiger partial charge on any atom is -0.360 e. The van der Waals surface area contributed by atoms with Crippen molar-refractivity contribution in [1.82, 2.24) is 19.9 Å². The Morgan fingerprint density at radius 3 is 2.76 bits per heavy atom. The molecule has 1 saturated carbocycles. The molecule has 0 spiro atoms. The smallest absolute Gasteiger partial charge is 0.239 e. The van der Waals surface area contributed by atoms with E-state index in [1.54, 1.807) is 13.0 Å². The number of anilines is 1. The maximum atomic E-state index is 12.6. The highest BCUT2D eigenvalue weighted by Crippen LogP contribution is 2.34. The van der Waals surface area contributed by atoms with Crippen molar-refractivity contribution in [2.45, 2.75) is 75.7 Å². The molecule has 7 nitrogen and oxygen atoms in total. The Balaban J connectivity index is 1.72. The number of aryl methyl sites for hydroxylation is 2. The summed E-state index contributed by atoms with van der Waals surface area (Å²) in [6.45, 7) is 5.79. The average Bonchev–Trinajstić information content (AvgIpc) is 3.18. The van der Waals surface area contributed by atoms with E-state index in [0.717, 1.165) is 23.8 Å². The maximum Gasteiger partial charge on any atom is 0.239 e. The van der Waals surface area contributed by atoms with Crippen molar-refractivity contribution in [3.8, 4) is 0 Å². The lowest BCUT2D eigenvalue weighted by atomic mass is 9.95. The number of thioether (sulfide) groups is 1. The van der Waals surface area contributed by atoms with Crippen LogP contribution in [0, 0.1) is 13.8 Å². The Labute approximate surface area is 151 Å². The summed E-state index contributed by atoms with van der Waals surface area (Å²) in [7, 11) is 0. The van der Waals surface area contributed by atoms with E-state index in [-0.39, 0.29) is 11.2 Å². The number of hydrogen-bond donors (Lipinski definition) is 1. The number of rotatable bonds is 6. The summed E-state index contributed by atoms with van der Waals surface area (Å²) in [5, 5.41) is 15.8. The molecule has 25 heavy (non-hydrogen) atoms. The predicted octanol–water partition coefficient (Wildman–Crippen LogP) is 3.90. The molecule has 0 saturated heterocycles. The first-order chi connectivity index (χ1) is 12.1. The first kappa shape index (κ1) is 18.0. The van der Waals surface area contributed by atoms with E-state index in [9.17, 15) is 4.79 Å². The summed E-state index contributed by atoms with van der Waals surface area (Å²) in [6, 6.07) is 2.16. The van der Waals surface area contributed by atoms with Crippen LogP contribution >= 0.6 is 11.8 Å². The minimum atomic E-state index is -0.247. The molecular formula is C17H25N5O2S. The Morgan fingerprint density at radius 2 is 2.12 bits per heavy atom. The second-order valence-electron chi connectivity index (χ2n) is 6.52. The van der Waals surface area contributed by atoms with Crippen LogP contribution in [-0.4, -0.2) is 31.1 Å². The molecular weight excluding hydrogens is 338 g/mol. The molecule has 1 aliphatic carbocycles. The van der Waals surface area contributed by atoms with Crippen LogP contribution in [-0.2, 0) is 4.79 Å². The summed E-state index contributed by atoms with van der Waals surface area (Å²) < 4.78 is 7.22. The first-order valence-electron chi connectivity index (χ1n) is 8.90. The molecule has 1 aliphatic rings. The van der Waals surface area contributed by atoms with Crippen LogP contribution in [0.4, 0.5) is 5.82 Å². The van der Waals surface area contributed by atoms with Gasteiger partial charge < -0.3 is 14.4 Å². The first-order valence-corrected chi connectivity index (χ1v) is 9.78. The molecule has 136 valence electrons. The van der Waals surface area contributed by atoms with Crippen LogP contribution in [0.15, 0.2) is 15.7 Å². The van der Waals surface area contributed by atoms with Gasteiger partial charge in [0.1, 0.15) is 11.6 Å². The molecule has 1 unspecified atom stereocenters. The van der Waals surface area contributed by atoms with E-state index in [0.29, 0.717) is 24.0 Å². The molecule has 8 heteroatoms. The fourth-order valence-electron chi connectivity index (χ4n) is 3.27. The second kappa shape index (κ2) is 8.03. The number of nitrogens with zero attached hydrogens (tertiary/aromatic N) is 4. The van der Waals surface area contributed by atoms with Crippen LogP contribution in [0.1, 0.15) is 63.1 Å². The van der Waals surface area contributed by atoms with Gasteiger partial charge in [0.25, 0.3) is 0 Å². The highest BCUT2D eigenvalue weighted by molar-refractivity contribution is 8.00. The van der Waals surface area contributed by atoms with Crippen molar-refractivity contribution >= 4 is 23.5 Å². The van der Waals surface area contributed by atoms with Gasteiger partial charge in [-0.05, 0) is 33.1 Å². The van der Waals surface area contributed by atoms with E-state index in [1.165, 1.54) is 31.0 Å². The Hall–Kier alpha value is -1.83. The van der Waals surface area contributed by atoms with Gasteiger partial charge in [0, 0.05) is 12.1 Å². The molecule has 3 rings (SSSR count). The Kier molecular flexibility index (Phi) is 5.78. The summed E-state index contributed by atoms with van der Waals surface area (Å²) in [5.41, 5.74) is 0. The second-order valence-corrected chi connectivity index (χ2v) is 7.69. The molecule has 0 radical (unpaired) electrons. The van der Waals surface area contributed by atoms with Crippen LogP contribution in [0.3, 0.4) is 0 Å². The van der Waals surface area contributed by atoms with Gasteiger partial charge >= 0.3 is 0 Å². The monoisotopic (exact) mass is 363 g/mol. The fraction of sp³-hybridized carbons (Fsp3) is 0.647. The number of amides is 1. The molecule has 1 N–H and O–H groups in total. The number of nitrogens with one attached hydrogen (secondary N) is 1. The SMILES string of the molecule is CCC(Sc1nnc(C)n1C1CCCCC1)C(=O)Nc1cc(C)on1. The molecule has 0 bridgehead atoms. The minimum absolute atomic E-state index is 0.0864. The van der Waals surface area contributed by atoms with Gasteiger partial charge in [-0.1, -0.05) is 43.1 Å². The lowest BCUT2D eigenvalue weighted by Crippen LogP contribution is -2.25. The van der Waals surface area contributed by atoms with Gasteiger partial charge in [0.15, 0.2) is 11.0 Å². The fourth-order valence-corrected chi connectivity index (χ4v) is 4.34. The molecule has 0 aromatic carbocycles. The Morgan fingerprint density at radius 1 is 1.36 bits per heavy atom. The lowest BCUT2D eigenvalue weighted by Gasteiger charge is -2.25. The quantitative estimate of drug-likeness (QED) is 0.784. The molecule has 1 amide bonds. The van der Waals surface area contributed by atoms with Gasteiger partial charge in [-0.3, -0.25) is 4.79 Å². The molecule has 2 aromatic rings. The average molecular weight is 363 g/mol. The molecule has 1 fully saturated rings. The molecule has 0 aliphatic heterocycles. The van der Waals surface area contributed by atoms with Crippen molar-refractivity contribution in [3.63, 3.8) is 0 Å².